The van der Waals surface area contributed by atoms with Gasteiger partial charge in [0, 0.05) is 31.0 Å². The van der Waals surface area contributed by atoms with Crippen molar-refractivity contribution in [1.82, 2.24) is 10.3 Å². The number of aromatic nitrogens is 1. The normalized spacial score (nSPS) is 19.4. The minimum atomic E-state index is -0.940. The molecule has 2 amide bonds. The largest absolute Gasteiger partial charge is 0.494 e. The molecule has 8 nitrogen and oxygen atoms in total. The minimum absolute atomic E-state index is 0.0184. The first-order valence-corrected chi connectivity index (χ1v) is 11.3. The van der Waals surface area contributed by atoms with Crippen LogP contribution in [-0.2, 0) is 14.3 Å². The summed E-state index contributed by atoms with van der Waals surface area (Å²) in [5.74, 6) is -1.50. The summed E-state index contributed by atoms with van der Waals surface area (Å²) in [4.78, 5) is 29.9. The van der Waals surface area contributed by atoms with E-state index in [9.17, 15) is 18.4 Å². The maximum Gasteiger partial charge on any atom is 0.253 e. The lowest BCUT2D eigenvalue weighted by atomic mass is 10.2. The van der Waals surface area contributed by atoms with Crippen molar-refractivity contribution in [1.29, 1.82) is 0 Å². The van der Waals surface area contributed by atoms with E-state index in [1.54, 1.807) is 23.2 Å². The Morgan fingerprint density at radius 1 is 1.26 bits per heavy atom. The van der Waals surface area contributed by atoms with Gasteiger partial charge in [0.15, 0.2) is 11.6 Å². The highest BCUT2D eigenvalue weighted by atomic mass is 19.2. The molecule has 2 saturated heterocycles. The molecule has 4 rings (SSSR count). The lowest BCUT2D eigenvalue weighted by Crippen LogP contribution is -2.48. The molecule has 2 fully saturated rings. The first-order valence-electron chi connectivity index (χ1n) is 11.3. The van der Waals surface area contributed by atoms with E-state index in [0.717, 1.165) is 25.5 Å². The number of benzene rings is 1. The van der Waals surface area contributed by atoms with E-state index in [2.05, 4.69) is 20.4 Å². The van der Waals surface area contributed by atoms with Gasteiger partial charge in [0.25, 0.3) is 5.91 Å². The van der Waals surface area contributed by atoms with Crippen LogP contribution in [0.1, 0.15) is 33.6 Å². The number of ether oxygens (including phenoxy) is 2. The summed E-state index contributed by atoms with van der Waals surface area (Å²) in [6.07, 6.45) is 2.96. The molecule has 1 aromatic carbocycles. The third-order valence-corrected chi connectivity index (χ3v) is 5.04. The van der Waals surface area contributed by atoms with Crippen LogP contribution in [0.4, 0.5) is 20.3 Å². The molecule has 1 aromatic heterocycles. The number of carbonyl (C=O) groups is 2. The van der Waals surface area contributed by atoms with Crippen LogP contribution in [0.5, 0.6) is 5.75 Å². The Bertz CT molecular complexity index is 960. The van der Waals surface area contributed by atoms with Gasteiger partial charge in [-0.25, -0.2) is 9.37 Å². The second-order valence-electron chi connectivity index (χ2n) is 7.38. The number of anilines is 2. The Balaban J connectivity index is 0.000000286. The van der Waals surface area contributed by atoms with Crippen LogP contribution in [0, 0.1) is 11.6 Å². The fourth-order valence-corrected chi connectivity index (χ4v) is 3.35. The molecule has 0 saturated carbocycles. The number of halogens is 2. The average Bonchev–Trinajstić information content (AvgIpc) is 3.29. The molecular formula is C24H32F2N4O4. The van der Waals surface area contributed by atoms with Crippen molar-refractivity contribution in [2.75, 3.05) is 37.0 Å². The highest BCUT2D eigenvalue weighted by Gasteiger charge is 2.28. The zero-order chi connectivity index (χ0) is 25.1. The highest BCUT2D eigenvalue weighted by Crippen LogP contribution is 2.22. The van der Waals surface area contributed by atoms with Crippen molar-refractivity contribution < 1.29 is 27.8 Å². The van der Waals surface area contributed by atoms with E-state index in [0.29, 0.717) is 24.6 Å². The quantitative estimate of drug-likeness (QED) is 0.699. The van der Waals surface area contributed by atoms with E-state index in [4.69, 9.17) is 4.74 Å². The fourth-order valence-electron chi connectivity index (χ4n) is 3.35. The SMILES string of the molecule is CC.CC1CCC(C(=O)Nc2ccnc(N3CCNCC3=O)c2)O1.COc1cccc(F)c1F. The zero-order valence-corrected chi connectivity index (χ0v) is 19.9. The van der Waals surface area contributed by atoms with Gasteiger partial charge in [0.2, 0.25) is 11.7 Å². The topological polar surface area (TPSA) is 92.8 Å². The number of rotatable bonds is 4. The van der Waals surface area contributed by atoms with Crippen LogP contribution in [0.25, 0.3) is 0 Å². The number of pyridine rings is 1. The van der Waals surface area contributed by atoms with E-state index < -0.39 is 17.7 Å². The number of hydrogen-bond donors (Lipinski definition) is 2. The summed E-state index contributed by atoms with van der Waals surface area (Å²) in [7, 11) is 1.29. The Hall–Kier alpha value is -3.11. The molecule has 0 spiro atoms. The van der Waals surface area contributed by atoms with Gasteiger partial charge in [-0.05, 0) is 38.0 Å². The van der Waals surface area contributed by atoms with Crippen LogP contribution in [-0.4, -0.2) is 55.8 Å². The molecule has 34 heavy (non-hydrogen) atoms. The van der Waals surface area contributed by atoms with Gasteiger partial charge in [-0.1, -0.05) is 19.9 Å². The number of carbonyl (C=O) groups excluding carboxylic acids is 2. The van der Waals surface area contributed by atoms with Gasteiger partial charge in [-0.3, -0.25) is 14.5 Å². The summed E-state index contributed by atoms with van der Waals surface area (Å²) in [5, 5.41) is 5.86. The van der Waals surface area contributed by atoms with Crippen molar-refractivity contribution in [2.45, 2.75) is 45.8 Å². The monoisotopic (exact) mass is 478 g/mol. The van der Waals surface area contributed by atoms with Gasteiger partial charge in [-0.2, -0.15) is 4.39 Å². The van der Waals surface area contributed by atoms with Gasteiger partial charge < -0.3 is 20.1 Å². The molecule has 2 atom stereocenters. The van der Waals surface area contributed by atoms with Crippen LogP contribution >= 0.6 is 0 Å². The summed E-state index contributed by atoms with van der Waals surface area (Å²) < 4.78 is 34.9. The second kappa shape index (κ2) is 13.6. The molecule has 0 aliphatic carbocycles. The third kappa shape index (κ3) is 7.46. The molecule has 2 aromatic rings. The van der Waals surface area contributed by atoms with Crippen molar-refractivity contribution in [3.63, 3.8) is 0 Å². The molecular weight excluding hydrogens is 446 g/mol. The average molecular weight is 479 g/mol. The first kappa shape index (κ1) is 27.1. The van der Waals surface area contributed by atoms with E-state index in [-0.39, 0.29) is 23.7 Å². The smallest absolute Gasteiger partial charge is 0.253 e. The maximum atomic E-state index is 12.5. The molecule has 3 heterocycles. The number of amides is 2. The zero-order valence-electron chi connectivity index (χ0n) is 19.9. The predicted molar refractivity (Wildman–Crippen MR) is 126 cm³/mol. The first-order chi connectivity index (χ1) is 16.4. The van der Waals surface area contributed by atoms with E-state index in [1.165, 1.54) is 19.2 Å². The van der Waals surface area contributed by atoms with Crippen molar-refractivity contribution in [3.8, 4) is 5.75 Å². The van der Waals surface area contributed by atoms with E-state index in [1.807, 2.05) is 20.8 Å². The number of nitrogens with zero attached hydrogens (tertiary/aromatic N) is 2. The number of nitrogens with one attached hydrogen (secondary N) is 2. The Kier molecular flexibility index (Phi) is 10.8. The maximum absolute atomic E-state index is 12.5. The molecule has 0 bridgehead atoms. The Morgan fingerprint density at radius 3 is 2.65 bits per heavy atom. The van der Waals surface area contributed by atoms with Crippen molar-refractivity contribution >= 4 is 23.3 Å². The molecule has 10 heteroatoms. The second-order valence-corrected chi connectivity index (χ2v) is 7.38. The Morgan fingerprint density at radius 2 is 2.03 bits per heavy atom. The van der Waals surface area contributed by atoms with E-state index >= 15 is 0 Å². The van der Waals surface area contributed by atoms with Crippen LogP contribution in [0.15, 0.2) is 36.5 Å². The standard InChI is InChI=1S/C15H20N4O3.C7H6F2O.C2H6/c1-10-2-3-12(22-10)15(21)18-11-4-5-17-13(8-11)19-7-6-16-9-14(19)20;1-10-6-4-2-3-5(8)7(6)9;1-2/h4-5,8,10,12,16H,2-3,6-7,9H2,1H3,(H,17,18,21);2-4H,1H3;1-2H3. The summed E-state index contributed by atoms with van der Waals surface area (Å²) in [6.45, 7) is 7.59. The number of piperazine rings is 1. The number of hydrogen-bond acceptors (Lipinski definition) is 6. The third-order valence-electron chi connectivity index (χ3n) is 5.04. The van der Waals surface area contributed by atoms with Crippen LogP contribution < -0.4 is 20.3 Å². The van der Waals surface area contributed by atoms with Gasteiger partial charge in [0.05, 0.1) is 19.8 Å². The highest BCUT2D eigenvalue weighted by molar-refractivity contribution is 5.97. The Labute approximate surface area is 198 Å². The lowest BCUT2D eigenvalue weighted by Gasteiger charge is -2.26. The predicted octanol–water partition coefficient (Wildman–Crippen LogP) is 3.52. The van der Waals surface area contributed by atoms with Crippen molar-refractivity contribution in [3.05, 3.63) is 48.2 Å². The van der Waals surface area contributed by atoms with Crippen LogP contribution in [0.3, 0.4) is 0 Å². The number of methoxy groups -OCH3 is 1. The van der Waals surface area contributed by atoms with Gasteiger partial charge >= 0.3 is 0 Å². The molecule has 2 aliphatic heterocycles. The molecule has 2 unspecified atom stereocenters. The summed E-state index contributed by atoms with van der Waals surface area (Å²) in [6, 6.07) is 7.22. The fraction of sp³-hybridized carbons (Fsp3) is 0.458. The molecule has 186 valence electrons. The molecule has 0 radical (unpaired) electrons. The molecule has 2 N–H and O–H groups in total. The van der Waals surface area contributed by atoms with Crippen LogP contribution in [0.2, 0.25) is 0 Å². The summed E-state index contributed by atoms with van der Waals surface area (Å²) >= 11 is 0. The molecule has 2 aliphatic rings. The van der Waals surface area contributed by atoms with Crippen molar-refractivity contribution in [2.24, 2.45) is 0 Å². The van der Waals surface area contributed by atoms with Gasteiger partial charge in [-0.15, -0.1) is 0 Å². The lowest BCUT2D eigenvalue weighted by molar-refractivity contribution is -0.126. The van der Waals surface area contributed by atoms with Gasteiger partial charge in [0.1, 0.15) is 11.9 Å². The summed E-state index contributed by atoms with van der Waals surface area (Å²) in [5.41, 5.74) is 0.629. The minimum Gasteiger partial charge on any atom is -0.494 e.